The molecule has 41 heavy (non-hydrogen) atoms. The summed E-state index contributed by atoms with van der Waals surface area (Å²) < 4.78 is 27.7. The minimum absolute atomic E-state index is 0.131. The minimum atomic E-state index is -2.93. The zero-order chi connectivity index (χ0) is 29.9. The van der Waals surface area contributed by atoms with Crippen LogP contribution in [0.5, 0.6) is 0 Å². The van der Waals surface area contributed by atoms with Crippen LogP contribution < -0.4 is 0 Å². The van der Waals surface area contributed by atoms with Crippen LogP contribution in [0.2, 0.25) is 0 Å². The van der Waals surface area contributed by atoms with Crippen molar-refractivity contribution < 1.29 is 23.5 Å². The molecular formula is C35H73O5P. The van der Waals surface area contributed by atoms with Crippen molar-refractivity contribution in [3.8, 4) is 0 Å². The first-order chi connectivity index (χ1) is 20.2. The van der Waals surface area contributed by atoms with Crippen molar-refractivity contribution in [1.82, 2.24) is 0 Å². The van der Waals surface area contributed by atoms with Gasteiger partial charge in [0.15, 0.2) is 0 Å². The molecule has 0 aliphatic carbocycles. The number of hydrogen-bond acceptors (Lipinski definition) is 4. The quantitative estimate of drug-likeness (QED) is 0.0569. The van der Waals surface area contributed by atoms with Crippen LogP contribution in [0.3, 0.4) is 0 Å². The molecule has 0 aromatic carbocycles. The highest BCUT2D eigenvalue weighted by Crippen LogP contribution is 2.17. The fraction of sp³-hybridized carbons (Fsp3) is 1.00. The second-order valence-electron chi connectivity index (χ2n) is 12.3. The monoisotopic (exact) mass is 605 g/mol. The van der Waals surface area contributed by atoms with E-state index in [-0.39, 0.29) is 12.7 Å². The van der Waals surface area contributed by atoms with Gasteiger partial charge in [0, 0.05) is 13.2 Å². The maximum Gasteiger partial charge on any atom is 0.316 e. The molecule has 0 rings (SSSR count). The van der Waals surface area contributed by atoms with E-state index in [0.29, 0.717) is 13.2 Å². The van der Waals surface area contributed by atoms with Crippen molar-refractivity contribution in [1.29, 1.82) is 0 Å². The van der Waals surface area contributed by atoms with Crippen LogP contribution in [0, 0.1) is 0 Å². The predicted octanol–water partition coefficient (Wildman–Crippen LogP) is 11.7. The summed E-state index contributed by atoms with van der Waals surface area (Å²) in [5.74, 6) is 0. The normalized spacial score (nSPS) is 13.1. The molecule has 0 aromatic rings. The lowest BCUT2D eigenvalue weighted by atomic mass is 10.0. The van der Waals surface area contributed by atoms with Gasteiger partial charge in [-0.1, -0.05) is 181 Å². The van der Waals surface area contributed by atoms with E-state index in [0.717, 1.165) is 19.4 Å². The first kappa shape index (κ1) is 41.1. The minimum Gasteiger partial charge on any atom is -0.379 e. The molecule has 0 heterocycles. The Bertz CT molecular complexity index is 505. The lowest BCUT2D eigenvalue weighted by Crippen LogP contribution is -2.25. The molecule has 248 valence electrons. The average Bonchev–Trinajstić information content (AvgIpc) is 2.97. The van der Waals surface area contributed by atoms with E-state index in [1.807, 2.05) is 0 Å². The Morgan fingerprint density at radius 1 is 0.463 bits per heavy atom. The molecule has 1 N–H and O–H groups in total. The van der Waals surface area contributed by atoms with Gasteiger partial charge in [-0.15, -0.1) is 0 Å². The molecule has 0 aliphatic heterocycles. The van der Waals surface area contributed by atoms with Crippen LogP contribution in [-0.4, -0.2) is 37.4 Å². The molecule has 5 nitrogen and oxygen atoms in total. The van der Waals surface area contributed by atoms with Gasteiger partial charge in [0.2, 0.25) is 0 Å². The maximum absolute atomic E-state index is 11.0. The number of unbranched alkanes of at least 4 members (excludes halogenated alkanes) is 26. The van der Waals surface area contributed by atoms with Gasteiger partial charge in [-0.25, -0.2) is 0 Å². The van der Waals surface area contributed by atoms with Crippen molar-refractivity contribution in [2.24, 2.45) is 0 Å². The molecule has 0 saturated heterocycles. The molecule has 0 spiro atoms. The van der Waals surface area contributed by atoms with E-state index >= 15 is 0 Å². The zero-order valence-corrected chi connectivity index (χ0v) is 28.8. The highest BCUT2D eigenvalue weighted by molar-refractivity contribution is 7.32. The van der Waals surface area contributed by atoms with Crippen LogP contribution in [0.4, 0.5) is 0 Å². The third-order valence-electron chi connectivity index (χ3n) is 8.19. The van der Waals surface area contributed by atoms with Crippen molar-refractivity contribution in [3.63, 3.8) is 0 Å². The van der Waals surface area contributed by atoms with Gasteiger partial charge in [0.05, 0.1) is 13.2 Å². The van der Waals surface area contributed by atoms with Gasteiger partial charge in [-0.2, -0.15) is 0 Å². The summed E-state index contributed by atoms with van der Waals surface area (Å²) in [7, 11) is -2.93. The van der Waals surface area contributed by atoms with Crippen LogP contribution in [0.15, 0.2) is 0 Å². The standard InChI is InChI=1S/C35H73O5P/c1-3-5-7-9-11-13-15-17-19-21-23-25-27-29-31-38-33-35(34-40-41(36)37)39-32-30-28-26-24-22-20-18-16-14-12-10-8-6-4-2/h35,41H,3-34H2,1-2H3,(H,36,37). The maximum atomic E-state index is 11.0. The van der Waals surface area contributed by atoms with E-state index in [4.69, 9.17) is 18.9 Å². The van der Waals surface area contributed by atoms with Gasteiger partial charge >= 0.3 is 8.25 Å². The fourth-order valence-electron chi connectivity index (χ4n) is 5.47. The molecule has 0 aliphatic rings. The average molecular weight is 605 g/mol. The summed E-state index contributed by atoms with van der Waals surface area (Å²) in [6.45, 7) is 6.52. The van der Waals surface area contributed by atoms with Gasteiger partial charge in [0.1, 0.15) is 6.10 Å². The van der Waals surface area contributed by atoms with Crippen molar-refractivity contribution in [3.05, 3.63) is 0 Å². The highest BCUT2D eigenvalue weighted by Gasteiger charge is 2.11. The molecule has 2 unspecified atom stereocenters. The molecular weight excluding hydrogens is 531 g/mol. The summed E-state index contributed by atoms with van der Waals surface area (Å²) in [5, 5.41) is 0. The summed E-state index contributed by atoms with van der Waals surface area (Å²) in [4.78, 5) is 9.05. The zero-order valence-electron chi connectivity index (χ0n) is 27.8. The first-order valence-corrected chi connectivity index (χ1v) is 19.5. The Balaban J connectivity index is 3.55. The van der Waals surface area contributed by atoms with E-state index in [1.54, 1.807) is 0 Å². The van der Waals surface area contributed by atoms with E-state index in [2.05, 4.69) is 13.8 Å². The predicted molar refractivity (Wildman–Crippen MR) is 178 cm³/mol. The van der Waals surface area contributed by atoms with Crippen molar-refractivity contribution >= 4 is 8.25 Å². The molecule has 0 saturated carbocycles. The largest absolute Gasteiger partial charge is 0.379 e. The van der Waals surface area contributed by atoms with Gasteiger partial charge in [0.25, 0.3) is 0 Å². The second-order valence-corrected chi connectivity index (χ2v) is 13.2. The van der Waals surface area contributed by atoms with Crippen LogP contribution >= 0.6 is 8.25 Å². The van der Waals surface area contributed by atoms with E-state index < -0.39 is 8.25 Å². The Hall–Kier alpha value is 0.0700. The molecule has 0 bridgehead atoms. The molecule has 0 aromatic heterocycles. The number of hydrogen-bond donors (Lipinski definition) is 1. The van der Waals surface area contributed by atoms with Crippen LogP contribution in [-0.2, 0) is 18.6 Å². The van der Waals surface area contributed by atoms with E-state index in [9.17, 15) is 4.57 Å². The number of ether oxygens (including phenoxy) is 2. The van der Waals surface area contributed by atoms with Gasteiger partial charge < -0.3 is 18.9 Å². The second kappa shape index (κ2) is 36.3. The lowest BCUT2D eigenvalue weighted by Gasteiger charge is -2.17. The van der Waals surface area contributed by atoms with Gasteiger partial charge in [-0.3, -0.25) is 4.57 Å². The van der Waals surface area contributed by atoms with Crippen LogP contribution in [0.1, 0.15) is 194 Å². The highest BCUT2D eigenvalue weighted by atomic mass is 31.1. The van der Waals surface area contributed by atoms with E-state index in [1.165, 1.54) is 167 Å². The number of rotatable bonds is 36. The summed E-state index contributed by atoms with van der Waals surface area (Å²) in [5.41, 5.74) is 0. The molecule has 0 radical (unpaired) electrons. The summed E-state index contributed by atoms with van der Waals surface area (Å²) >= 11 is 0. The molecule has 0 fully saturated rings. The third-order valence-corrected chi connectivity index (χ3v) is 8.60. The Kier molecular flexibility index (Phi) is 36.3. The third kappa shape index (κ3) is 36.2. The smallest absolute Gasteiger partial charge is 0.316 e. The Labute approximate surface area is 257 Å². The lowest BCUT2D eigenvalue weighted by molar-refractivity contribution is -0.0392. The Morgan fingerprint density at radius 2 is 0.780 bits per heavy atom. The van der Waals surface area contributed by atoms with Gasteiger partial charge in [-0.05, 0) is 12.8 Å². The first-order valence-electron chi connectivity index (χ1n) is 18.3. The topological polar surface area (TPSA) is 65.0 Å². The Morgan fingerprint density at radius 3 is 1.12 bits per heavy atom. The van der Waals surface area contributed by atoms with Crippen molar-refractivity contribution in [2.75, 3.05) is 26.4 Å². The fourth-order valence-corrected chi connectivity index (χ4v) is 5.80. The molecule has 2 atom stereocenters. The molecule has 0 amide bonds. The molecule has 6 heteroatoms. The SMILES string of the molecule is CCCCCCCCCCCCCCCCOCC(CO[PH](=O)O)OCCCCCCCCCCCCCCCC. The summed E-state index contributed by atoms with van der Waals surface area (Å²) in [6.07, 6.45) is 37.4. The summed E-state index contributed by atoms with van der Waals surface area (Å²) in [6, 6.07) is 0. The van der Waals surface area contributed by atoms with Crippen molar-refractivity contribution in [2.45, 2.75) is 200 Å². The van der Waals surface area contributed by atoms with Crippen LogP contribution in [0.25, 0.3) is 0 Å².